The summed E-state index contributed by atoms with van der Waals surface area (Å²) in [6.45, 7) is 0. The minimum atomic E-state index is -1.19. The van der Waals surface area contributed by atoms with E-state index in [2.05, 4.69) is 0 Å². The molecule has 4 heteroatoms. The van der Waals surface area contributed by atoms with Crippen LogP contribution in [0.15, 0.2) is 12.2 Å². The summed E-state index contributed by atoms with van der Waals surface area (Å²) in [6, 6.07) is 0. The van der Waals surface area contributed by atoms with Crippen molar-refractivity contribution in [3.63, 3.8) is 0 Å². The Balaban J connectivity index is 2.12. The first kappa shape index (κ1) is 12.3. The zero-order valence-corrected chi connectivity index (χ0v) is 10.9. The number of methoxy groups -OCH3 is 2. The van der Waals surface area contributed by atoms with Gasteiger partial charge in [-0.1, -0.05) is 18.6 Å². The number of hydrogen-bond donors (Lipinski definition) is 1. The fourth-order valence-electron chi connectivity index (χ4n) is 4.26. The maximum Gasteiger partial charge on any atom is 0.235 e. The molecule has 0 aromatic rings. The Kier molecular flexibility index (Phi) is 2.66. The smallest absolute Gasteiger partial charge is 0.235 e. The SMILES string of the molecule is COC1(OC)C(=O)C23C=CC1C[C@@H]2CCC[C@@H]3O. The fourth-order valence-corrected chi connectivity index (χ4v) is 4.26. The average molecular weight is 252 g/mol. The summed E-state index contributed by atoms with van der Waals surface area (Å²) in [4.78, 5) is 12.9. The molecule has 2 saturated carbocycles. The molecule has 2 bridgehead atoms. The third-order valence-corrected chi connectivity index (χ3v) is 5.20. The number of aliphatic hydroxyl groups excluding tert-OH is 1. The summed E-state index contributed by atoms with van der Waals surface area (Å²) in [7, 11) is 3.02. The summed E-state index contributed by atoms with van der Waals surface area (Å²) < 4.78 is 10.9. The Labute approximate surface area is 107 Å². The van der Waals surface area contributed by atoms with Crippen molar-refractivity contribution in [1.29, 1.82) is 0 Å². The van der Waals surface area contributed by atoms with Crippen LogP contribution in [0, 0.1) is 17.3 Å². The van der Waals surface area contributed by atoms with Crippen LogP contribution in [-0.4, -0.2) is 37.0 Å². The maximum atomic E-state index is 12.9. The molecule has 0 saturated heterocycles. The van der Waals surface area contributed by atoms with Crippen LogP contribution in [0.2, 0.25) is 0 Å². The van der Waals surface area contributed by atoms with E-state index in [0.717, 1.165) is 19.3 Å². The number of fused-ring (bicyclic) bond motifs is 1. The van der Waals surface area contributed by atoms with Gasteiger partial charge in [0.15, 0.2) is 0 Å². The molecule has 18 heavy (non-hydrogen) atoms. The van der Waals surface area contributed by atoms with Gasteiger partial charge in [0.05, 0.1) is 11.5 Å². The lowest BCUT2D eigenvalue weighted by Crippen LogP contribution is -2.68. The molecule has 2 unspecified atom stereocenters. The third-order valence-electron chi connectivity index (χ3n) is 5.20. The highest BCUT2D eigenvalue weighted by Crippen LogP contribution is 2.58. The predicted molar refractivity (Wildman–Crippen MR) is 64.8 cm³/mol. The molecule has 4 rings (SSSR count). The second-order valence-electron chi connectivity index (χ2n) is 5.68. The summed E-state index contributed by atoms with van der Waals surface area (Å²) in [5, 5.41) is 10.4. The van der Waals surface area contributed by atoms with Crippen LogP contribution in [0.25, 0.3) is 0 Å². The van der Waals surface area contributed by atoms with Crippen molar-refractivity contribution in [3.05, 3.63) is 12.2 Å². The Hall–Kier alpha value is -0.710. The van der Waals surface area contributed by atoms with Crippen LogP contribution in [0.3, 0.4) is 0 Å². The van der Waals surface area contributed by atoms with E-state index < -0.39 is 17.3 Å². The van der Waals surface area contributed by atoms with Crippen molar-refractivity contribution in [1.82, 2.24) is 0 Å². The first-order valence-electron chi connectivity index (χ1n) is 6.64. The van der Waals surface area contributed by atoms with Gasteiger partial charge in [-0.2, -0.15) is 0 Å². The van der Waals surface area contributed by atoms with Crippen LogP contribution >= 0.6 is 0 Å². The molecule has 1 spiro atoms. The highest BCUT2D eigenvalue weighted by molar-refractivity contribution is 5.96. The van der Waals surface area contributed by atoms with Gasteiger partial charge in [-0.25, -0.2) is 0 Å². The van der Waals surface area contributed by atoms with Gasteiger partial charge in [0.2, 0.25) is 11.6 Å². The predicted octanol–water partition coefficient (Wildman–Crippen LogP) is 1.28. The number of aliphatic hydroxyl groups is 1. The lowest BCUT2D eigenvalue weighted by Gasteiger charge is -2.57. The van der Waals surface area contributed by atoms with E-state index in [0.29, 0.717) is 6.42 Å². The van der Waals surface area contributed by atoms with Crippen molar-refractivity contribution in [2.45, 2.75) is 37.6 Å². The van der Waals surface area contributed by atoms with Crippen LogP contribution in [0.1, 0.15) is 25.7 Å². The van der Waals surface area contributed by atoms with Crippen LogP contribution in [0.5, 0.6) is 0 Å². The van der Waals surface area contributed by atoms with Gasteiger partial charge >= 0.3 is 0 Å². The van der Waals surface area contributed by atoms with Crippen molar-refractivity contribution < 1.29 is 19.4 Å². The Morgan fingerprint density at radius 3 is 2.72 bits per heavy atom. The molecular weight excluding hydrogens is 232 g/mol. The van der Waals surface area contributed by atoms with Gasteiger partial charge in [0.25, 0.3) is 0 Å². The molecule has 0 amide bonds. The van der Waals surface area contributed by atoms with E-state index in [9.17, 15) is 9.90 Å². The molecule has 0 aromatic carbocycles. The number of ether oxygens (including phenoxy) is 2. The van der Waals surface area contributed by atoms with Crippen LogP contribution in [-0.2, 0) is 14.3 Å². The molecule has 4 aliphatic carbocycles. The number of carbonyl (C=O) groups excluding carboxylic acids is 1. The molecule has 4 aliphatic rings. The molecule has 4 atom stereocenters. The van der Waals surface area contributed by atoms with Crippen molar-refractivity contribution in [2.24, 2.45) is 17.3 Å². The molecular formula is C14H20O4. The number of ketones is 1. The fraction of sp³-hybridized carbons (Fsp3) is 0.786. The minimum Gasteiger partial charge on any atom is -0.392 e. The summed E-state index contributed by atoms with van der Waals surface area (Å²) in [6.07, 6.45) is 6.86. The molecule has 0 aliphatic heterocycles. The van der Waals surface area contributed by atoms with E-state index in [-0.39, 0.29) is 17.6 Å². The molecule has 2 fully saturated rings. The second-order valence-corrected chi connectivity index (χ2v) is 5.68. The third kappa shape index (κ3) is 1.19. The Bertz CT molecular complexity index is 399. The highest BCUT2D eigenvalue weighted by atomic mass is 16.7. The summed E-state index contributed by atoms with van der Waals surface area (Å²) in [5.41, 5.74) is -0.779. The van der Waals surface area contributed by atoms with Crippen LogP contribution < -0.4 is 0 Å². The maximum absolute atomic E-state index is 12.9. The molecule has 4 nitrogen and oxygen atoms in total. The van der Waals surface area contributed by atoms with Gasteiger partial charge in [0, 0.05) is 20.1 Å². The first-order valence-corrected chi connectivity index (χ1v) is 6.64. The largest absolute Gasteiger partial charge is 0.392 e. The number of hydrogen-bond acceptors (Lipinski definition) is 4. The number of Topliss-reactive ketones (excluding diaryl/α,β-unsaturated/α-hetero) is 1. The van der Waals surface area contributed by atoms with Crippen molar-refractivity contribution in [3.8, 4) is 0 Å². The Morgan fingerprint density at radius 2 is 2.06 bits per heavy atom. The van der Waals surface area contributed by atoms with E-state index in [4.69, 9.17) is 9.47 Å². The van der Waals surface area contributed by atoms with Gasteiger partial charge in [-0.3, -0.25) is 4.79 Å². The lowest BCUT2D eigenvalue weighted by atomic mass is 9.50. The normalized spacial score (nSPS) is 45.1. The molecule has 100 valence electrons. The van der Waals surface area contributed by atoms with Crippen LogP contribution in [0.4, 0.5) is 0 Å². The zero-order chi connectivity index (χ0) is 13.0. The van der Waals surface area contributed by atoms with Gasteiger partial charge in [-0.15, -0.1) is 0 Å². The van der Waals surface area contributed by atoms with E-state index >= 15 is 0 Å². The van der Waals surface area contributed by atoms with Gasteiger partial charge in [0.1, 0.15) is 0 Å². The monoisotopic (exact) mass is 252 g/mol. The lowest BCUT2D eigenvalue weighted by molar-refractivity contribution is -0.256. The van der Waals surface area contributed by atoms with Gasteiger partial charge < -0.3 is 14.6 Å². The number of rotatable bonds is 2. The quantitative estimate of drug-likeness (QED) is 0.594. The number of carbonyl (C=O) groups is 1. The second kappa shape index (κ2) is 3.89. The van der Waals surface area contributed by atoms with Crippen molar-refractivity contribution in [2.75, 3.05) is 14.2 Å². The van der Waals surface area contributed by atoms with E-state index in [1.807, 2.05) is 12.2 Å². The molecule has 1 N–H and O–H groups in total. The van der Waals surface area contributed by atoms with E-state index in [1.54, 1.807) is 0 Å². The highest BCUT2D eigenvalue weighted by Gasteiger charge is 2.67. The van der Waals surface area contributed by atoms with Gasteiger partial charge in [-0.05, 0) is 25.2 Å². The zero-order valence-electron chi connectivity index (χ0n) is 10.9. The van der Waals surface area contributed by atoms with Crippen molar-refractivity contribution >= 4 is 5.78 Å². The van der Waals surface area contributed by atoms with E-state index in [1.165, 1.54) is 14.2 Å². The molecule has 0 radical (unpaired) electrons. The molecule has 0 aromatic heterocycles. The Morgan fingerprint density at radius 1 is 1.33 bits per heavy atom. The standard InChI is InChI=1S/C14H20O4/c1-17-14(18-2)10-6-7-13(12(14)16)9(8-10)4-3-5-11(13)15/h6-7,9-11,15H,3-5,8H2,1-2H3/t9-,10?,11-,13?/m0/s1. The molecule has 0 heterocycles. The average Bonchev–Trinajstić information content (AvgIpc) is 2.40. The minimum absolute atomic E-state index is 0.0304. The summed E-state index contributed by atoms with van der Waals surface area (Å²) >= 11 is 0. The first-order chi connectivity index (χ1) is 8.61. The summed E-state index contributed by atoms with van der Waals surface area (Å²) in [5.74, 6) is -1.07. The topological polar surface area (TPSA) is 55.8 Å².